The van der Waals surface area contributed by atoms with E-state index < -0.39 is 0 Å². The number of rotatable bonds is 7. The molecule has 0 N–H and O–H groups in total. The highest BCUT2D eigenvalue weighted by Gasteiger charge is 2.42. The van der Waals surface area contributed by atoms with Gasteiger partial charge in [-0.3, -0.25) is 4.79 Å². The van der Waals surface area contributed by atoms with Crippen molar-refractivity contribution in [2.24, 2.45) is 5.41 Å². The van der Waals surface area contributed by atoms with Gasteiger partial charge in [0, 0.05) is 37.0 Å². The van der Waals surface area contributed by atoms with Crippen molar-refractivity contribution < 1.29 is 9.32 Å². The number of benzene rings is 1. The van der Waals surface area contributed by atoms with Gasteiger partial charge < -0.3 is 14.3 Å². The van der Waals surface area contributed by atoms with Crippen LogP contribution >= 0.6 is 0 Å². The Balaban J connectivity index is 1.25. The molecule has 0 unspecified atom stereocenters. The van der Waals surface area contributed by atoms with E-state index in [2.05, 4.69) is 45.3 Å². The van der Waals surface area contributed by atoms with Crippen LogP contribution in [-0.4, -0.2) is 53.6 Å². The second-order valence-electron chi connectivity index (χ2n) is 9.34. The first-order valence-electron chi connectivity index (χ1n) is 11.5. The number of carbonyl (C=O) groups is 1. The third-order valence-electron chi connectivity index (χ3n) is 7.08. The average molecular weight is 410 g/mol. The van der Waals surface area contributed by atoms with Gasteiger partial charge in [-0.25, -0.2) is 0 Å². The Morgan fingerprint density at radius 1 is 1.10 bits per heavy atom. The van der Waals surface area contributed by atoms with Gasteiger partial charge in [-0.1, -0.05) is 35.5 Å². The van der Waals surface area contributed by atoms with Crippen LogP contribution < -0.4 is 0 Å². The summed E-state index contributed by atoms with van der Waals surface area (Å²) in [7, 11) is 0. The van der Waals surface area contributed by atoms with Crippen molar-refractivity contribution in [3.05, 3.63) is 52.9 Å². The van der Waals surface area contributed by atoms with E-state index in [4.69, 9.17) is 4.52 Å². The summed E-state index contributed by atoms with van der Waals surface area (Å²) in [5.74, 6) is 1.13. The van der Waals surface area contributed by atoms with E-state index in [1.807, 2.05) is 13.8 Å². The number of hydrogen-bond acceptors (Lipinski definition) is 4. The molecule has 2 saturated heterocycles. The zero-order valence-corrected chi connectivity index (χ0v) is 18.5. The molecule has 0 bridgehead atoms. The molecule has 5 heteroatoms. The molecule has 2 fully saturated rings. The predicted octanol–water partition coefficient (Wildman–Crippen LogP) is 4.17. The minimum atomic E-state index is 0.285. The zero-order valence-electron chi connectivity index (χ0n) is 18.5. The Bertz CT molecular complexity index is 828. The highest BCUT2D eigenvalue weighted by Crippen LogP contribution is 2.39. The van der Waals surface area contributed by atoms with E-state index in [1.54, 1.807) is 0 Å². The van der Waals surface area contributed by atoms with Crippen LogP contribution in [0.2, 0.25) is 0 Å². The van der Waals surface area contributed by atoms with Gasteiger partial charge in [-0.2, -0.15) is 0 Å². The lowest BCUT2D eigenvalue weighted by molar-refractivity contribution is -0.130. The van der Waals surface area contributed by atoms with E-state index in [1.165, 1.54) is 31.4 Å². The summed E-state index contributed by atoms with van der Waals surface area (Å²) in [5, 5.41) is 4.01. The SMILES string of the molecule is Cc1noc(C)c1CCC(=O)N1CC[C@]2(CCCN(CCCc3ccccc3)C2)C1. The predicted molar refractivity (Wildman–Crippen MR) is 118 cm³/mol. The van der Waals surface area contributed by atoms with Crippen molar-refractivity contribution in [1.29, 1.82) is 0 Å². The number of aromatic nitrogens is 1. The second-order valence-corrected chi connectivity index (χ2v) is 9.34. The number of hydrogen-bond donors (Lipinski definition) is 0. The van der Waals surface area contributed by atoms with Crippen LogP contribution in [0, 0.1) is 19.3 Å². The van der Waals surface area contributed by atoms with Crippen LogP contribution in [0.3, 0.4) is 0 Å². The first-order chi connectivity index (χ1) is 14.5. The Hall–Kier alpha value is -2.14. The average Bonchev–Trinajstić information content (AvgIpc) is 3.30. The van der Waals surface area contributed by atoms with Gasteiger partial charge in [0.05, 0.1) is 5.69 Å². The minimum Gasteiger partial charge on any atom is -0.361 e. The highest BCUT2D eigenvalue weighted by atomic mass is 16.5. The third-order valence-corrected chi connectivity index (χ3v) is 7.08. The summed E-state index contributed by atoms with van der Waals surface area (Å²) in [6, 6.07) is 10.8. The van der Waals surface area contributed by atoms with Crippen LogP contribution in [0.5, 0.6) is 0 Å². The van der Waals surface area contributed by atoms with E-state index in [9.17, 15) is 4.79 Å². The van der Waals surface area contributed by atoms with E-state index in [-0.39, 0.29) is 5.91 Å². The normalized spacial score (nSPS) is 22.1. The molecule has 2 aliphatic heterocycles. The summed E-state index contributed by atoms with van der Waals surface area (Å²) in [6.07, 6.45) is 7.31. The number of nitrogens with zero attached hydrogens (tertiary/aromatic N) is 3. The molecular formula is C25H35N3O2. The maximum absolute atomic E-state index is 12.9. The highest BCUT2D eigenvalue weighted by molar-refractivity contribution is 5.77. The van der Waals surface area contributed by atoms with Gasteiger partial charge in [0.2, 0.25) is 5.91 Å². The van der Waals surface area contributed by atoms with Crippen LogP contribution in [0.4, 0.5) is 0 Å². The lowest BCUT2D eigenvalue weighted by Gasteiger charge is -2.40. The molecule has 0 radical (unpaired) electrons. The minimum absolute atomic E-state index is 0.285. The maximum atomic E-state index is 12.9. The molecule has 1 aromatic carbocycles. The number of piperidine rings is 1. The molecule has 2 aliphatic rings. The fourth-order valence-corrected chi connectivity index (χ4v) is 5.38. The summed E-state index contributed by atoms with van der Waals surface area (Å²) in [6.45, 7) is 9.25. The molecule has 4 rings (SSSR count). The molecule has 1 amide bonds. The molecule has 30 heavy (non-hydrogen) atoms. The number of aryl methyl sites for hydroxylation is 3. The van der Waals surface area contributed by atoms with Crippen LogP contribution in [0.1, 0.15) is 54.7 Å². The third kappa shape index (κ3) is 4.94. The van der Waals surface area contributed by atoms with Crippen molar-refractivity contribution in [3.63, 3.8) is 0 Å². The summed E-state index contributed by atoms with van der Waals surface area (Å²) in [4.78, 5) is 17.6. The van der Waals surface area contributed by atoms with Gasteiger partial charge in [-0.15, -0.1) is 0 Å². The summed E-state index contributed by atoms with van der Waals surface area (Å²) < 4.78 is 5.23. The van der Waals surface area contributed by atoms with E-state index >= 15 is 0 Å². The smallest absolute Gasteiger partial charge is 0.222 e. The maximum Gasteiger partial charge on any atom is 0.222 e. The van der Waals surface area contributed by atoms with Crippen molar-refractivity contribution in [2.75, 3.05) is 32.7 Å². The summed E-state index contributed by atoms with van der Waals surface area (Å²) in [5.41, 5.74) is 3.75. The topological polar surface area (TPSA) is 49.6 Å². The standard InChI is InChI=1S/C25H35N3O2/c1-20-23(21(2)30-26-20)11-12-24(29)28-17-14-25(19-28)13-7-16-27(18-25)15-6-10-22-8-4-3-5-9-22/h3-5,8-9H,6-7,10-19H2,1-2H3/t25-/m0/s1. The number of likely N-dealkylation sites (tertiary alicyclic amines) is 2. The molecular weight excluding hydrogens is 374 g/mol. The fraction of sp³-hybridized carbons (Fsp3) is 0.600. The van der Waals surface area contributed by atoms with Crippen molar-refractivity contribution >= 4 is 5.91 Å². The Labute approximate surface area is 180 Å². The van der Waals surface area contributed by atoms with Crippen molar-refractivity contribution in [2.45, 2.75) is 58.8 Å². The molecule has 5 nitrogen and oxygen atoms in total. The Morgan fingerprint density at radius 2 is 1.93 bits per heavy atom. The first-order valence-corrected chi connectivity index (χ1v) is 11.5. The lowest BCUT2D eigenvalue weighted by Crippen LogP contribution is -2.45. The molecule has 1 spiro atoms. The van der Waals surface area contributed by atoms with Crippen molar-refractivity contribution in [1.82, 2.24) is 15.0 Å². The first kappa shape index (κ1) is 21.1. The molecule has 162 valence electrons. The van der Waals surface area contributed by atoms with Gasteiger partial charge in [0.1, 0.15) is 5.76 Å². The number of amides is 1. The molecule has 1 atom stereocenters. The molecule has 3 heterocycles. The van der Waals surface area contributed by atoms with Crippen molar-refractivity contribution in [3.8, 4) is 0 Å². The second kappa shape index (κ2) is 9.34. The van der Waals surface area contributed by atoms with E-state index in [0.717, 1.165) is 62.5 Å². The molecule has 1 aromatic heterocycles. The number of carbonyl (C=O) groups excluding carboxylic acids is 1. The monoisotopic (exact) mass is 409 g/mol. The summed E-state index contributed by atoms with van der Waals surface area (Å²) >= 11 is 0. The van der Waals surface area contributed by atoms with E-state index in [0.29, 0.717) is 11.8 Å². The quantitative estimate of drug-likeness (QED) is 0.689. The van der Waals surface area contributed by atoms with Crippen LogP contribution in [0.25, 0.3) is 0 Å². The zero-order chi connectivity index (χ0) is 21.0. The van der Waals surface area contributed by atoms with Gasteiger partial charge in [0.25, 0.3) is 0 Å². The van der Waals surface area contributed by atoms with Crippen LogP contribution in [0.15, 0.2) is 34.9 Å². The lowest BCUT2D eigenvalue weighted by atomic mass is 9.79. The van der Waals surface area contributed by atoms with Crippen LogP contribution in [-0.2, 0) is 17.6 Å². The Kier molecular flexibility index (Phi) is 6.57. The molecule has 0 saturated carbocycles. The molecule has 2 aromatic rings. The Morgan fingerprint density at radius 3 is 2.70 bits per heavy atom. The largest absolute Gasteiger partial charge is 0.361 e. The van der Waals surface area contributed by atoms with Gasteiger partial charge >= 0.3 is 0 Å². The van der Waals surface area contributed by atoms with Gasteiger partial charge in [0.15, 0.2) is 0 Å². The fourth-order valence-electron chi connectivity index (χ4n) is 5.38. The molecule has 0 aliphatic carbocycles. The van der Waals surface area contributed by atoms with Gasteiger partial charge in [-0.05, 0) is 71.0 Å².